The third-order valence-corrected chi connectivity index (χ3v) is 3.31. The highest BCUT2D eigenvalue weighted by Gasteiger charge is 2.09. The number of aromatic amines is 1. The second-order valence-electron chi connectivity index (χ2n) is 4.42. The van der Waals surface area contributed by atoms with Crippen LogP contribution in [0.5, 0.6) is 0 Å². The van der Waals surface area contributed by atoms with Gasteiger partial charge in [0.05, 0.1) is 0 Å². The van der Waals surface area contributed by atoms with Gasteiger partial charge in [0.2, 0.25) is 0 Å². The van der Waals surface area contributed by atoms with Crippen LogP contribution in [0.25, 0.3) is 5.69 Å². The fourth-order valence-electron chi connectivity index (χ4n) is 2.08. The molecular formula is C15H12FN3S. The lowest BCUT2D eigenvalue weighted by atomic mass is 10.1. The van der Waals surface area contributed by atoms with Crippen LogP contribution in [0.2, 0.25) is 0 Å². The van der Waals surface area contributed by atoms with E-state index in [1.54, 1.807) is 12.1 Å². The minimum Gasteiger partial charge on any atom is -0.272 e. The number of hydrogen-bond donors (Lipinski definition) is 1. The van der Waals surface area contributed by atoms with Crippen molar-refractivity contribution >= 4 is 12.2 Å². The number of aromatic nitrogens is 3. The van der Waals surface area contributed by atoms with Crippen molar-refractivity contribution in [3.05, 3.63) is 76.6 Å². The molecule has 5 heteroatoms. The molecule has 0 saturated carbocycles. The van der Waals surface area contributed by atoms with Gasteiger partial charge in [-0.05, 0) is 42.0 Å². The van der Waals surface area contributed by atoms with Crippen molar-refractivity contribution in [3.8, 4) is 5.69 Å². The summed E-state index contributed by atoms with van der Waals surface area (Å²) in [5, 5.41) is 7.05. The summed E-state index contributed by atoms with van der Waals surface area (Å²) in [5.74, 6) is 0.529. The van der Waals surface area contributed by atoms with Gasteiger partial charge in [-0.1, -0.05) is 30.3 Å². The van der Waals surface area contributed by atoms with Crippen molar-refractivity contribution < 1.29 is 4.39 Å². The fourth-order valence-corrected chi connectivity index (χ4v) is 2.34. The number of rotatable bonds is 3. The van der Waals surface area contributed by atoms with E-state index in [9.17, 15) is 4.39 Å². The normalized spacial score (nSPS) is 10.7. The standard InChI is InChI=1S/C15H12FN3S/c16-12-6-8-13(9-7-12)19-14(17-18-15(19)20)10-11-4-2-1-3-5-11/h1-9H,10H2,(H,18,20). The van der Waals surface area contributed by atoms with Crippen LogP contribution in [0.3, 0.4) is 0 Å². The highest BCUT2D eigenvalue weighted by Crippen LogP contribution is 2.15. The summed E-state index contributed by atoms with van der Waals surface area (Å²) >= 11 is 5.26. The van der Waals surface area contributed by atoms with E-state index in [1.165, 1.54) is 12.1 Å². The lowest BCUT2D eigenvalue weighted by Gasteiger charge is -2.06. The Balaban J connectivity index is 2.02. The van der Waals surface area contributed by atoms with Gasteiger partial charge in [-0.2, -0.15) is 5.10 Å². The van der Waals surface area contributed by atoms with Crippen LogP contribution >= 0.6 is 12.2 Å². The number of hydrogen-bond acceptors (Lipinski definition) is 2. The van der Waals surface area contributed by atoms with Crippen molar-refractivity contribution in [2.24, 2.45) is 0 Å². The quantitative estimate of drug-likeness (QED) is 0.745. The number of H-pyrrole nitrogens is 1. The maximum absolute atomic E-state index is 13.0. The topological polar surface area (TPSA) is 33.6 Å². The molecule has 1 N–H and O–H groups in total. The minimum absolute atomic E-state index is 0.270. The Hall–Kier alpha value is -2.27. The molecule has 3 aromatic rings. The minimum atomic E-state index is -0.270. The van der Waals surface area contributed by atoms with Gasteiger partial charge in [-0.25, -0.2) is 4.39 Å². The highest BCUT2D eigenvalue weighted by molar-refractivity contribution is 7.71. The summed E-state index contributed by atoms with van der Waals surface area (Å²) in [6.07, 6.45) is 0.658. The third kappa shape index (κ3) is 2.53. The van der Waals surface area contributed by atoms with Crippen molar-refractivity contribution in [3.63, 3.8) is 0 Å². The molecule has 1 aromatic heterocycles. The van der Waals surface area contributed by atoms with Crippen molar-refractivity contribution in [2.75, 3.05) is 0 Å². The molecule has 3 nitrogen and oxygen atoms in total. The SMILES string of the molecule is Fc1ccc(-n2c(Cc3ccccc3)n[nH]c2=S)cc1. The summed E-state index contributed by atoms with van der Waals surface area (Å²) in [6, 6.07) is 16.2. The summed E-state index contributed by atoms with van der Waals surface area (Å²) in [5.41, 5.74) is 1.95. The van der Waals surface area contributed by atoms with E-state index in [0.29, 0.717) is 11.2 Å². The molecule has 0 saturated heterocycles. The van der Waals surface area contributed by atoms with Crippen LogP contribution in [-0.2, 0) is 6.42 Å². The Labute approximate surface area is 120 Å². The van der Waals surface area contributed by atoms with Gasteiger partial charge in [0, 0.05) is 12.1 Å². The Bertz CT molecular complexity index is 760. The second-order valence-corrected chi connectivity index (χ2v) is 4.81. The van der Waals surface area contributed by atoms with Crippen LogP contribution in [0.4, 0.5) is 4.39 Å². The van der Waals surface area contributed by atoms with Gasteiger partial charge in [0.25, 0.3) is 0 Å². The molecule has 0 aliphatic carbocycles. The molecule has 0 atom stereocenters. The molecule has 0 radical (unpaired) electrons. The molecule has 0 amide bonds. The van der Waals surface area contributed by atoms with E-state index in [2.05, 4.69) is 10.2 Å². The Morgan fingerprint density at radius 1 is 1.05 bits per heavy atom. The first-order chi connectivity index (χ1) is 9.74. The first-order valence-corrected chi connectivity index (χ1v) is 6.61. The molecule has 0 aliphatic heterocycles. The average Bonchev–Trinajstić information content (AvgIpc) is 2.82. The molecular weight excluding hydrogens is 273 g/mol. The molecule has 1 heterocycles. The summed E-state index contributed by atoms with van der Waals surface area (Å²) in [4.78, 5) is 0. The predicted molar refractivity (Wildman–Crippen MR) is 78.0 cm³/mol. The first-order valence-electron chi connectivity index (χ1n) is 6.20. The molecule has 20 heavy (non-hydrogen) atoms. The maximum atomic E-state index is 13.0. The molecule has 0 unspecified atom stereocenters. The first kappa shape index (κ1) is 12.7. The van der Waals surface area contributed by atoms with E-state index < -0.39 is 0 Å². The van der Waals surface area contributed by atoms with Gasteiger partial charge >= 0.3 is 0 Å². The number of nitrogens with zero attached hydrogens (tertiary/aromatic N) is 2. The molecule has 0 aliphatic rings. The lowest BCUT2D eigenvalue weighted by Crippen LogP contribution is -2.02. The zero-order valence-corrected chi connectivity index (χ0v) is 11.4. The zero-order chi connectivity index (χ0) is 13.9. The van der Waals surface area contributed by atoms with Crippen LogP contribution in [0.1, 0.15) is 11.4 Å². The van der Waals surface area contributed by atoms with Crippen LogP contribution < -0.4 is 0 Å². The summed E-state index contributed by atoms with van der Waals surface area (Å²) < 4.78 is 15.3. The van der Waals surface area contributed by atoms with E-state index in [4.69, 9.17) is 12.2 Å². The van der Waals surface area contributed by atoms with Gasteiger partial charge in [-0.3, -0.25) is 9.67 Å². The Kier molecular flexibility index (Phi) is 3.43. The van der Waals surface area contributed by atoms with Gasteiger partial charge in [-0.15, -0.1) is 0 Å². The molecule has 0 spiro atoms. The Morgan fingerprint density at radius 3 is 2.45 bits per heavy atom. The van der Waals surface area contributed by atoms with E-state index >= 15 is 0 Å². The average molecular weight is 285 g/mol. The van der Waals surface area contributed by atoms with E-state index in [-0.39, 0.29) is 5.82 Å². The maximum Gasteiger partial charge on any atom is 0.199 e. The molecule has 2 aromatic carbocycles. The van der Waals surface area contributed by atoms with Crippen molar-refractivity contribution in [1.29, 1.82) is 0 Å². The smallest absolute Gasteiger partial charge is 0.199 e. The number of halogens is 1. The number of benzene rings is 2. The van der Waals surface area contributed by atoms with Crippen molar-refractivity contribution in [1.82, 2.24) is 14.8 Å². The largest absolute Gasteiger partial charge is 0.272 e. The third-order valence-electron chi connectivity index (χ3n) is 3.03. The Morgan fingerprint density at radius 2 is 1.75 bits per heavy atom. The highest BCUT2D eigenvalue weighted by atomic mass is 32.1. The summed E-state index contributed by atoms with van der Waals surface area (Å²) in [6.45, 7) is 0. The monoisotopic (exact) mass is 285 g/mol. The molecule has 3 rings (SSSR count). The summed E-state index contributed by atoms with van der Waals surface area (Å²) in [7, 11) is 0. The van der Waals surface area contributed by atoms with Crippen LogP contribution in [0, 0.1) is 10.6 Å². The van der Waals surface area contributed by atoms with Crippen LogP contribution in [0.15, 0.2) is 54.6 Å². The van der Waals surface area contributed by atoms with E-state index in [0.717, 1.165) is 17.1 Å². The zero-order valence-electron chi connectivity index (χ0n) is 10.6. The van der Waals surface area contributed by atoms with Gasteiger partial charge in [0.15, 0.2) is 4.77 Å². The van der Waals surface area contributed by atoms with Crippen LogP contribution in [-0.4, -0.2) is 14.8 Å². The van der Waals surface area contributed by atoms with Crippen molar-refractivity contribution in [2.45, 2.75) is 6.42 Å². The molecule has 100 valence electrons. The molecule has 0 fully saturated rings. The molecule has 0 bridgehead atoms. The second kappa shape index (κ2) is 5.38. The number of nitrogens with one attached hydrogen (secondary N) is 1. The van der Waals surface area contributed by atoms with E-state index in [1.807, 2.05) is 34.9 Å². The predicted octanol–water partition coefficient (Wildman–Crippen LogP) is 3.66. The van der Waals surface area contributed by atoms with Gasteiger partial charge < -0.3 is 0 Å². The fraction of sp³-hybridized carbons (Fsp3) is 0.0667. The lowest BCUT2D eigenvalue weighted by molar-refractivity contribution is 0.627. The van der Waals surface area contributed by atoms with Gasteiger partial charge in [0.1, 0.15) is 11.6 Å².